The van der Waals surface area contributed by atoms with E-state index in [-0.39, 0.29) is 24.0 Å². The minimum atomic E-state index is 0. The van der Waals surface area contributed by atoms with Crippen LogP contribution in [0.3, 0.4) is 0 Å². The van der Waals surface area contributed by atoms with Gasteiger partial charge < -0.3 is 15.4 Å². The Labute approximate surface area is 195 Å². The Kier molecular flexibility index (Phi) is 10.1. The highest BCUT2D eigenvalue weighted by Gasteiger charge is 2.02. The lowest BCUT2D eigenvalue weighted by molar-refractivity contribution is 0.311. The van der Waals surface area contributed by atoms with E-state index in [4.69, 9.17) is 4.74 Å². The zero-order chi connectivity index (χ0) is 20.3. The normalized spacial score (nSPS) is 10.9. The van der Waals surface area contributed by atoms with Crippen LogP contribution in [-0.4, -0.2) is 40.2 Å². The molecule has 7 nitrogen and oxygen atoms in total. The zero-order valence-corrected chi connectivity index (χ0v) is 19.7. The van der Waals surface area contributed by atoms with Crippen LogP contribution in [0.25, 0.3) is 5.82 Å². The molecule has 0 radical (unpaired) electrons. The van der Waals surface area contributed by atoms with Gasteiger partial charge in [0.2, 0.25) is 0 Å². The van der Waals surface area contributed by atoms with Gasteiger partial charge in [0.25, 0.3) is 0 Å². The molecule has 0 atom stereocenters. The number of ether oxygens (including phenoxy) is 1. The summed E-state index contributed by atoms with van der Waals surface area (Å²) in [6.07, 6.45) is 6.42. The smallest absolute Gasteiger partial charge is 0.191 e. The third-order valence-electron chi connectivity index (χ3n) is 4.27. The van der Waals surface area contributed by atoms with Gasteiger partial charge in [0.05, 0.1) is 13.2 Å². The molecule has 0 amide bonds. The summed E-state index contributed by atoms with van der Waals surface area (Å²) in [5, 5.41) is 6.61. The molecule has 0 saturated carbocycles. The van der Waals surface area contributed by atoms with Gasteiger partial charge in [-0.3, -0.25) is 4.57 Å². The second kappa shape index (κ2) is 12.8. The molecule has 0 unspecified atom stereocenters. The van der Waals surface area contributed by atoms with Crippen LogP contribution in [0.2, 0.25) is 0 Å². The first-order chi connectivity index (χ1) is 14.3. The molecule has 8 heteroatoms. The van der Waals surface area contributed by atoms with Crippen molar-refractivity contribution < 1.29 is 4.74 Å². The molecule has 2 N–H and O–H groups in total. The van der Waals surface area contributed by atoms with E-state index in [1.54, 1.807) is 6.20 Å². The van der Waals surface area contributed by atoms with Gasteiger partial charge in [0, 0.05) is 31.7 Å². The number of halogens is 1. The highest BCUT2D eigenvalue weighted by atomic mass is 127. The number of hydrogen-bond donors (Lipinski definition) is 2. The molecule has 160 valence electrons. The van der Waals surface area contributed by atoms with Crippen molar-refractivity contribution in [2.24, 2.45) is 4.99 Å². The van der Waals surface area contributed by atoms with Crippen LogP contribution in [0, 0.1) is 6.92 Å². The number of aryl methyl sites for hydroxylation is 1. The summed E-state index contributed by atoms with van der Waals surface area (Å²) in [4.78, 5) is 13.4. The van der Waals surface area contributed by atoms with Crippen LogP contribution >= 0.6 is 24.0 Å². The van der Waals surface area contributed by atoms with Crippen molar-refractivity contribution in [1.82, 2.24) is 25.2 Å². The number of aromatic nitrogens is 3. The van der Waals surface area contributed by atoms with Gasteiger partial charge in [-0.25, -0.2) is 15.0 Å². The number of aliphatic imine (C=N–C) groups is 1. The van der Waals surface area contributed by atoms with E-state index >= 15 is 0 Å². The SMILES string of the molecule is CCNC(=NCc1ccc(-n2ccnc2C)nc1)NCCCOc1ccccc1.I. The summed E-state index contributed by atoms with van der Waals surface area (Å²) < 4.78 is 7.67. The van der Waals surface area contributed by atoms with Gasteiger partial charge in [0.15, 0.2) is 5.96 Å². The summed E-state index contributed by atoms with van der Waals surface area (Å²) in [5.74, 6) is 3.46. The maximum absolute atomic E-state index is 5.71. The molecule has 3 aromatic rings. The first-order valence-electron chi connectivity index (χ1n) is 9.91. The van der Waals surface area contributed by atoms with Crippen molar-refractivity contribution in [1.29, 1.82) is 0 Å². The maximum Gasteiger partial charge on any atom is 0.191 e. The Morgan fingerprint density at radius 3 is 2.60 bits per heavy atom. The first-order valence-corrected chi connectivity index (χ1v) is 9.91. The number of guanidine groups is 1. The van der Waals surface area contributed by atoms with Crippen molar-refractivity contribution in [2.45, 2.75) is 26.8 Å². The van der Waals surface area contributed by atoms with E-state index < -0.39 is 0 Å². The number of imidazole rings is 1. The number of pyridine rings is 1. The fourth-order valence-electron chi connectivity index (χ4n) is 2.77. The predicted octanol–water partition coefficient (Wildman–Crippen LogP) is 3.72. The third-order valence-corrected chi connectivity index (χ3v) is 4.27. The quantitative estimate of drug-likeness (QED) is 0.195. The molecule has 2 aromatic heterocycles. The first kappa shape index (κ1) is 23.7. The van der Waals surface area contributed by atoms with Crippen molar-refractivity contribution >= 4 is 29.9 Å². The van der Waals surface area contributed by atoms with Crippen LogP contribution in [-0.2, 0) is 6.54 Å². The number of para-hydroxylation sites is 1. The summed E-state index contributed by atoms with van der Waals surface area (Å²) in [6.45, 7) is 6.83. The second-order valence-electron chi connectivity index (χ2n) is 6.51. The number of nitrogens with one attached hydrogen (secondary N) is 2. The fraction of sp³-hybridized carbons (Fsp3) is 0.318. The average molecular weight is 520 g/mol. The summed E-state index contributed by atoms with van der Waals surface area (Å²) in [5.41, 5.74) is 1.05. The molecule has 0 aliphatic rings. The largest absolute Gasteiger partial charge is 0.494 e. The Morgan fingerprint density at radius 1 is 1.10 bits per heavy atom. The van der Waals surface area contributed by atoms with E-state index in [0.717, 1.165) is 48.4 Å². The number of hydrogen-bond acceptors (Lipinski definition) is 4. The molecule has 0 fully saturated rings. The molecule has 0 bridgehead atoms. The molecule has 0 saturated heterocycles. The topological polar surface area (TPSA) is 76.4 Å². The highest BCUT2D eigenvalue weighted by molar-refractivity contribution is 14.0. The van der Waals surface area contributed by atoms with E-state index in [2.05, 4.69) is 32.5 Å². The molecular weight excluding hydrogens is 491 g/mol. The van der Waals surface area contributed by atoms with Gasteiger partial charge in [-0.1, -0.05) is 24.3 Å². The average Bonchev–Trinajstić information content (AvgIpc) is 3.18. The van der Waals surface area contributed by atoms with Crippen molar-refractivity contribution in [3.63, 3.8) is 0 Å². The molecule has 0 aliphatic carbocycles. The second-order valence-corrected chi connectivity index (χ2v) is 6.51. The lowest BCUT2D eigenvalue weighted by Crippen LogP contribution is -2.38. The molecule has 30 heavy (non-hydrogen) atoms. The summed E-state index contributed by atoms with van der Waals surface area (Å²) >= 11 is 0. The monoisotopic (exact) mass is 520 g/mol. The standard InChI is InChI=1S/C22H28N6O.HI/c1-3-23-22(25-12-7-15-29-20-8-5-4-6-9-20)27-17-19-10-11-21(26-16-19)28-14-13-24-18(28)2;/h4-6,8-11,13-14,16H,3,7,12,15,17H2,1-2H3,(H2,23,25,27);1H. The van der Waals surface area contributed by atoms with Gasteiger partial charge in [-0.2, -0.15) is 0 Å². The van der Waals surface area contributed by atoms with Crippen molar-refractivity contribution in [3.05, 3.63) is 72.4 Å². The van der Waals surface area contributed by atoms with Gasteiger partial charge in [-0.15, -0.1) is 24.0 Å². The van der Waals surface area contributed by atoms with Gasteiger partial charge in [-0.05, 0) is 44.0 Å². The van der Waals surface area contributed by atoms with Crippen LogP contribution < -0.4 is 15.4 Å². The Bertz CT molecular complexity index is 896. The van der Waals surface area contributed by atoms with Crippen LogP contribution in [0.15, 0.2) is 66.0 Å². The Morgan fingerprint density at radius 2 is 1.93 bits per heavy atom. The molecular formula is C22H29IN6O. The van der Waals surface area contributed by atoms with Crippen LogP contribution in [0.4, 0.5) is 0 Å². The van der Waals surface area contributed by atoms with E-state index in [0.29, 0.717) is 13.2 Å². The van der Waals surface area contributed by atoms with Crippen molar-refractivity contribution in [2.75, 3.05) is 19.7 Å². The van der Waals surface area contributed by atoms with Crippen LogP contribution in [0.1, 0.15) is 24.7 Å². The van der Waals surface area contributed by atoms with E-state index in [9.17, 15) is 0 Å². The van der Waals surface area contributed by atoms with E-state index in [1.165, 1.54) is 0 Å². The fourth-order valence-corrected chi connectivity index (χ4v) is 2.77. The molecule has 2 heterocycles. The van der Waals surface area contributed by atoms with Gasteiger partial charge >= 0.3 is 0 Å². The van der Waals surface area contributed by atoms with Crippen molar-refractivity contribution in [3.8, 4) is 11.6 Å². The summed E-state index contributed by atoms with van der Waals surface area (Å²) in [6, 6.07) is 13.9. The molecule has 0 spiro atoms. The zero-order valence-electron chi connectivity index (χ0n) is 17.4. The third kappa shape index (κ3) is 7.33. The highest BCUT2D eigenvalue weighted by Crippen LogP contribution is 2.09. The minimum absolute atomic E-state index is 0. The number of nitrogens with zero attached hydrogens (tertiary/aromatic N) is 4. The minimum Gasteiger partial charge on any atom is -0.494 e. The molecule has 3 rings (SSSR count). The Hall–Kier alpha value is -2.62. The number of benzene rings is 1. The Balaban J connectivity index is 0.00000320. The lowest BCUT2D eigenvalue weighted by atomic mass is 10.3. The molecule has 0 aliphatic heterocycles. The van der Waals surface area contributed by atoms with Crippen LogP contribution in [0.5, 0.6) is 5.75 Å². The van der Waals surface area contributed by atoms with E-state index in [1.807, 2.05) is 66.3 Å². The lowest BCUT2D eigenvalue weighted by Gasteiger charge is -2.12. The summed E-state index contributed by atoms with van der Waals surface area (Å²) in [7, 11) is 0. The molecule has 1 aromatic carbocycles. The predicted molar refractivity (Wildman–Crippen MR) is 131 cm³/mol. The maximum atomic E-state index is 5.71. The number of rotatable bonds is 9. The van der Waals surface area contributed by atoms with Gasteiger partial charge in [0.1, 0.15) is 17.4 Å².